The van der Waals surface area contributed by atoms with Crippen LogP contribution in [0.5, 0.6) is 0 Å². The molecule has 4 saturated carbocycles. The Morgan fingerprint density at radius 1 is 0.870 bits per heavy atom. The molecule has 1 aliphatic heterocycles. The first-order chi connectivity index (χ1) is 21.6. The molecule has 0 spiro atoms. The van der Waals surface area contributed by atoms with Crippen molar-refractivity contribution < 1.29 is 28.8 Å². The number of likely N-dealkylation sites (N-methyl/N-ethyl adjacent to an activating group) is 1. The van der Waals surface area contributed by atoms with Crippen LogP contribution in [0.1, 0.15) is 106 Å². The van der Waals surface area contributed by atoms with E-state index in [1.54, 1.807) is 11.8 Å². The predicted molar refractivity (Wildman–Crippen MR) is 172 cm³/mol. The summed E-state index contributed by atoms with van der Waals surface area (Å²) in [5.74, 6) is -1.67. The standard InChI is InChI=1S/C35H55N5O6/c1-7-36-31(44)28(42)23(17-19-13-14-19)37-30(43)26-24-22(35(24,5)6)18-40(26)32(45)29(34(2,3)4)39-33(46)38-25(27(41)21-15-16-21)20-11-9-8-10-12-20/h19-26,29H,7-18H2,1-6H3,(H,36,44)(H,37,43)(H2,38,39,46)/t22-,23?,24-,25-,26-,29+/m0/s1. The lowest BCUT2D eigenvalue weighted by Gasteiger charge is -2.38. The third kappa shape index (κ3) is 7.43. The highest BCUT2D eigenvalue weighted by Crippen LogP contribution is 2.65. The van der Waals surface area contributed by atoms with Crippen molar-refractivity contribution in [1.29, 1.82) is 0 Å². The second-order valence-corrected chi connectivity index (χ2v) is 16.3. The Kier molecular flexibility index (Phi) is 9.90. The minimum atomic E-state index is -0.953. The first-order valence-electron chi connectivity index (χ1n) is 17.7. The molecule has 5 rings (SSSR count). The van der Waals surface area contributed by atoms with Crippen molar-refractivity contribution in [3.63, 3.8) is 0 Å². The zero-order valence-corrected chi connectivity index (χ0v) is 28.6. The average molecular weight is 642 g/mol. The number of carbonyl (C=O) groups excluding carboxylic acids is 6. The number of nitrogens with zero attached hydrogens (tertiary/aromatic N) is 1. The van der Waals surface area contributed by atoms with Crippen LogP contribution in [0.2, 0.25) is 0 Å². The van der Waals surface area contributed by atoms with E-state index >= 15 is 0 Å². The second kappa shape index (κ2) is 13.3. The highest BCUT2D eigenvalue weighted by Gasteiger charge is 2.70. The van der Waals surface area contributed by atoms with Gasteiger partial charge in [0.1, 0.15) is 12.1 Å². The Morgan fingerprint density at radius 3 is 2.09 bits per heavy atom. The summed E-state index contributed by atoms with van der Waals surface area (Å²) < 4.78 is 0. The molecule has 0 radical (unpaired) electrons. The van der Waals surface area contributed by atoms with Crippen molar-refractivity contribution >= 4 is 35.3 Å². The van der Waals surface area contributed by atoms with Crippen molar-refractivity contribution in [3.8, 4) is 0 Å². The molecule has 5 fully saturated rings. The Morgan fingerprint density at radius 2 is 1.52 bits per heavy atom. The van der Waals surface area contributed by atoms with Gasteiger partial charge in [0.25, 0.3) is 5.91 Å². The van der Waals surface area contributed by atoms with Gasteiger partial charge in [0, 0.05) is 19.0 Å². The Labute approximate surface area is 273 Å². The van der Waals surface area contributed by atoms with E-state index < -0.39 is 53.2 Å². The molecule has 0 aromatic rings. The number of amides is 5. The van der Waals surface area contributed by atoms with Crippen molar-refractivity contribution in [2.24, 2.45) is 40.4 Å². The number of urea groups is 1. The van der Waals surface area contributed by atoms with Gasteiger partial charge in [0.15, 0.2) is 5.78 Å². The molecule has 0 bridgehead atoms. The number of piperidine rings is 1. The van der Waals surface area contributed by atoms with Gasteiger partial charge in [0.05, 0.1) is 12.1 Å². The number of nitrogens with one attached hydrogen (secondary N) is 4. The van der Waals surface area contributed by atoms with Gasteiger partial charge < -0.3 is 26.2 Å². The summed E-state index contributed by atoms with van der Waals surface area (Å²) in [5.41, 5.74) is -0.853. The minimum Gasteiger partial charge on any atom is -0.350 e. The third-order valence-corrected chi connectivity index (χ3v) is 11.3. The molecule has 1 saturated heterocycles. The largest absolute Gasteiger partial charge is 0.350 e. The Bertz CT molecular complexity index is 1230. The summed E-state index contributed by atoms with van der Waals surface area (Å²) in [5, 5.41) is 11.3. The lowest BCUT2D eigenvalue weighted by atomic mass is 9.81. The zero-order chi connectivity index (χ0) is 33.6. The molecular formula is C35H55N5O6. The molecule has 1 heterocycles. The topological polar surface area (TPSA) is 154 Å². The molecule has 11 nitrogen and oxygen atoms in total. The van der Waals surface area contributed by atoms with E-state index in [-0.39, 0.29) is 46.7 Å². The number of hydrogen-bond acceptors (Lipinski definition) is 6. The molecule has 256 valence electrons. The van der Waals surface area contributed by atoms with Crippen LogP contribution in [0, 0.1) is 40.4 Å². The Hall–Kier alpha value is -2.98. The molecule has 4 aliphatic carbocycles. The van der Waals surface area contributed by atoms with Crippen LogP contribution < -0.4 is 21.3 Å². The van der Waals surface area contributed by atoms with Crippen molar-refractivity contribution in [3.05, 3.63) is 0 Å². The SMILES string of the molecule is CCNC(=O)C(=O)C(CC1CC1)NC(=O)[C@@H]1[C@@H]2[C@H](CN1C(=O)[C@@H](NC(=O)N[C@H](C(=O)C1CC1)C1CCCCC1)C(C)(C)C)C2(C)C. The molecule has 1 unspecified atom stereocenters. The number of hydrogen-bond donors (Lipinski definition) is 4. The van der Waals surface area contributed by atoms with Crippen molar-refractivity contribution in [2.75, 3.05) is 13.1 Å². The molecule has 5 aliphatic rings. The van der Waals surface area contributed by atoms with Gasteiger partial charge >= 0.3 is 6.03 Å². The maximum Gasteiger partial charge on any atom is 0.316 e. The summed E-state index contributed by atoms with van der Waals surface area (Å²) in [7, 11) is 0. The summed E-state index contributed by atoms with van der Waals surface area (Å²) >= 11 is 0. The summed E-state index contributed by atoms with van der Waals surface area (Å²) in [6, 6.07) is -3.83. The van der Waals surface area contributed by atoms with Crippen molar-refractivity contribution in [1.82, 2.24) is 26.2 Å². The minimum absolute atomic E-state index is 0.00916. The molecule has 5 amide bonds. The van der Waals surface area contributed by atoms with Gasteiger partial charge in [-0.25, -0.2) is 4.79 Å². The average Bonchev–Trinajstić information content (AvgIpc) is 3.95. The number of Topliss-reactive ketones (excluding diaryl/α,β-unsaturated/α-hetero) is 2. The predicted octanol–water partition coefficient (Wildman–Crippen LogP) is 3.10. The fraction of sp³-hybridized carbons (Fsp3) is 0.829. The highest BCUT2D eigenvalue weighted by atomic mass is 16.2. The summed E-state index contributed by atoms with van der Waals surface area (Å²) in [6.07, 6.45) is 9.05. The normalized spacial score (nSPS) is 27.4. The van der Waals surface area contributed by atoms with Gasteiger partial charge in [-0.05, 0) is 73.5 Å². The number of fused-ring (bicyclic) bond motifs is 1. The molecule has 11 heteroatoms. The van der Waals surface area contributed by atoms with Crippen LogP contribution in [-0.2, 0) is 24.0 Å². The van der Waals surface area contributed by atoms with Gasteiger partial charge in [-0.1, -0.05) is 66.7 Å². The van der Waals surface area contributed by atoms with Gasteiger partial charge in [-0.2, -0.15) is 0 Å². The zero-order valence-electron chi connectivity index (χ0n) is 28.6. The maximum atomic E-state index is 14.4. The Balaban J connectivity index is 1.32. The molecule has 46 heavy (non-hydrogen) atoms. The molecule has 0 aromatic carbocycles. The molecule has 4 N–H and O–H groups in total. The maximum absolute atomic E-state index is 14.4. The first kappa shape index (κ1) is 34.4. The number of likely N-dealkylation sites (tertiary alicyclic amines) is 1. The van der Waals surface area contributed by atoms with Gasteiger partial charge in [0.2, 0.25) is 17.6 Å². The van der Waals surface area contributed by atoms with E-state index in [1.165, 1.54) is 0 Å². The van der Waals surface area contributed by atoms with Crippen LogP contribution in [0.4, 0.5) is 4.79 Å². The van der Waals surface area contributed by atoms with Crippen molar-refractivity contribution in [2.45, 2.75) is 130 Å². The number of ketones is 2. The van der Waals surface area contributed by atoms with Crippen LogP contribution >= 0.6 is 0 Å². The number of rotatable bonds is 13. The lowest BCUT2D eigenvalue weighted by molar-refractivity contribution is -0.145. The van der Waals surface area contributed by atoms with E-state index in [1.807, 2.05) is 20.8 Å². The number of carbonyl (C=O) groups is 6. The highest BCUT2D eigenvalue weighted by molar-refractivity contribution is 6.38. The van der Waals surface area contributed by atoms with Crippen LogP contribution in [0.25, 0.3) is 0 Å². The molecule has 6 atom stereocenters. The monoisotopic (exact) mass is 641 g/mol. The second-order valence-electron chi connectivity index (χ2n) is 16.3. The van der Waals surface area contributed by atoms with Gasteiger partial charge in [-0.3, -0.25) is 24.0 Å². The first-order valence-corrected chi connectivity index (χ1v) is 17.7. The van der Waals surface area contributed by atoms with Crippen LogP contribution in [0.3, 0.4) is 0 Å². The van der Waals surface area contributed by atoms with E-state index in [0.717, 1.165) is 57.8 Å². The lowest BCUT2D eigenvalue weighted by Crippen LogP contribution is -2.62. The third-order valence-electron chi connectivity index (χ3n) is 11.3. The van der Waals surface area contributed by atoms with E-state index in [2.05, 4.69) is 35.1 Å². The summed E-state index contributed by atoms with van der Waals surface area (Å²) in [4.78, 5) is 82.3. The van der Waals surface area contributed by atoms with E-state index in [4.69, 9.17) is 0 Å². The molecule has 0 aromatic heterocycles. The smallest absolute Gasteiger partial charge is 0.316 e. The van der Waals surface area contributed by atoms with E-state index in [0.29, 0.717) is 19.5 Å². The van der Waals surface area contributed by atoms with Gasteiger partial charge in [-0.15, -0.1) is 0 Å². The summed E-state index contributed by atoms with van der Waals surface area (Å²) in [6.45, 7) is 12.2. The fourth-order valence-corrected chi connectivity index (χ4v) is 8.03. The fourth-order valence-electron chi connectivity index (χ4n) is 8.03. The molecular weight excluding hydrogens is 586 g/mol. The van der Waals surface area contributed by atoms with Crippen LogP contribution in [0.15, 0.2) is 0 Å². The quantitative estimate of drug-likeness (QED) is 0.227. The van der Waals surface area contributed by atoms with Crippen LogP contribution in [-0.4, -0.2) is 77.5 Å². The van der Waals surface area contributed by atoms with E-state index in [9.17, 15) is 28.8 Å².